The van der Waals surface area contributed by atoms with Gasteiger partial charge < -0.3 is 10.4 Å². The minimum Gasteiger partial charge on any atom is -0.478 e. The van der Waals surface area contributed by atoms with Crippen molar-refractivity contribution < 1.29 is 14.7 Å². The van der Waals surface area contributed by atoms with E-state index in [0.29, 0.717) is 15.9 Å². The van der Waals surface area contributed by atoms with E-state index < -0.39 is 5.97 Å². The number of nitrogens with zero attached hydrogens (tertiary/aromatic N) is 2. The molecule has 1 amide bonds. The van der Waals surface area contributed by atoms with Crippen LogP contribution in [0.25, 0.3) is 21.3 Å². The van der Waals surface area contributed by atoms with Gasteiger partial charge in [-0.3, -0.25) is 14.2 Å². The minimum atomic E-state index is -1.06. The van der Waals surface area contributed by atoms with Gasteiger partial charge in [0.2, 0.25) is 5.91 Å². The first-order valence-corrected chi connectivity index (χ1v) is 10.8. The van der Waals surface area contributed by atoms with Crippen LogP contribution in [-0.2, 0) is 11.3 Å². The molecule has 0 aliphatic heterocycles. The molecule has 0 aliphatic rings. The van der Waals surface area contributed by atoms with Crippen molar-refractivity contribution in [1.82, 2.24) is 9.55 Å². The highest BCUT2D eigenvalue weighted by molar-refractivity contribution is 7.19. The molecule has 2 N–H and O–H groups in total. The number of nitrogens with one attached hydrogen (secondary N) is 1. The summed E-state index contributed by atoms with van der Waals surface area (Å²) in [7, 11) is 0. The number of amides is 1. The summed E-state index contributed by atoms with van der Waals surface area (Å²) in [6.07, 6.45) is 1.52. The van der Waals surface area contributed by atoms with Gasteiger partial charge in [0.15, 0.2) is 0 Å². The maximum absolute atomic E-state index is 13.2. The first-order chi connectivity index (χ1) is 15.3. The molecule has 162 valence electrons. The molecule has 0 bridgehead atoms. The molecule has 2 aromatic carbocycles. The third-order valence-electron chi connectivity index (χ3n) is 5.26. The third kappa shape index (κ3) is 4.17. The van der Waals surface area contributed by atoms with Gasteiger partial charge in [-0.15, -0.1) is 11.3 Å². The van der Waals surface area contributed by atoms with Crippen LogP contribution in [0, 0.1) is 13.8 Å². The molecule has 4 rings (SSSR count). The highest BCUT2D eigenvalue weighted by Crippen LogP contribution is 2.35. The van der Waals surface area contributed by atoms with Crippen LogP contribution < -0.4 is 10.9 Å². The molecule has 2 heterocycles. The number of thiophene rings is 1. The highest BCUT2D eigenvalue weighted by Gasteiger charge is 2.17. The predicted molar refractivity (Wildman–Crippen MR) is 125 cm³/mol. The number of carboxylic acids is 1. The van der Waals surface area contributed by atoms with E-state index in [1.165, 1.54) is 34.4 Å². The second-order valence-corrected chi connectivity index (χ2v) is 8.66. The largest absolute Gasteiger partial charge is 0.478 e. The smallest absolute Gasteiger partial charge is 0.335 e. The number of carbonyl (C=O) groups excluding carboxylic acids is 1. The minimum absolute atomic E-state index is 0.0492. The van der Waals surface area contributed by atoms with Gasteiger partial charge in [-0.1, -0.05) is 36.4 Å². The monoisotopic (exact) mass is 447 g/mol. The topological polar surface area (TPSA) is 101 Å². The average Bonchev–Trinajstić information content (AvgIpc) is 3.12. The van der Waals surface area contributed by atoms with Gasteiger partial charge in [-0.05, 0) is 37.1 Å². The molecule has 0 saturated heterocycles. The number of aryl methyl sites for hydroxylation is 3. The summed E-state index contributed by atoms with van der Waals surface area (Å²) in [4.78, 5) is 43.0. The second-order valence-electron chi connectivity index (χ2n) is 7.46. The van der Waals surface area contributed by atoms with E-state index in [1.807, 2.05) is 37.3 Å². The lowest BCUT2D eigenvalue weighted by Gasteiger charge is -2.10. The van der Waals surface area contributed by atoms with Crippen molar-refractivity contribution in [2.45, 2.75) is 26.8 Å². The van der Waals surface area contributed by atoms with Crippen molar-refractivity contribution in [2.24, 2.45) is 0 Å². The summed E-state index contributed by atoms with van der Waals surface area (Å²) < 4.78 is 1.45. The van der Waals surface area contributed by atoms with E-state index >= 15 is 0 Å². The van der Waals surface area contributed by atoms with Crippen molar-refractivity contribution in [1.29, 1.82) is 0 Å². The lowest BCUT2D eigenvalue weighted by molar-refractivity contribution is -0.116. The van der Waals surface area contributed by atoms with Gasteiger partial charge in [0, 0.05) is 29.1 Å². The Hall–Kier alpha value is -3.78. The Bertz CT molecular complexity index is 1390. The summed E-state index contributed by atoms with van der Waals surface area (Å²) in [6, 6.07) is 14.3. The number of carboxylic acid groups (broad SMARTS) is 1. The lowest BCUT2D eigenvalue weighted by Crippen LogP contribution is -2.23. The standard InChI is InChI=1S/C24H21N3O4S/c1-14-8-9-17(24(30)31)12-18(14)26-19(28)10-11-27-13-25-22-21(23(27)29)20(15(2)32-22)16-6-4-3-5-7-16/h3-9,12-13H,10-11H2,1-2H3,(H,26,28)(H,30,31). The quantitative estimate of drug-likeness (QED) is 0.454. The fourth-order valence-electron chi connectivity index (χ4n) is 3.57. The molecule has 0 saturated carbocycles. The zero-order chi connectivity index (χ0) is 22.8. The first kappa shape index (κ1) is 21.5. The molecule has 4 aromatic rings. The molecule has 0 unspecified atom stereocenters. The van der Waals surface area contributed by atoms with E-state index in [0.717, 1.165) is 21.6 Å². The molecular formula is C24H21N3O4S. The van der Waals surface area contributed by atoms with Crippen molar-refractivity contribution >= 4 is 39.1 Å². The maximum Gasteiger partial charge on any atom is 0.335 e. The predicted octanol–water partition coefficient (Wildman–Crippen LogP) is 4.47. The van der Waals surface area contributed by atoms with Crippen molar-refractivity contribution in [3.63, 3.8) is 0 Å². The van der Waals surface area contributed by atoms with Crippen LogP contribution in [0.5, 0.6) is 0 Å². The molecule has 8 heteroatoms. The summed E-state index contributed by atoms with van der Waals surface area (Å²) in [6.45, 7) is 3.92. The fourth-order valence-corrected chi connectivity index (χ4v) is 4.58. The SMILES string of the molecule is Cc1ccc(C(=O)O)cc1NC(=O)CCn1cnc2sc(C)c(-c3ccccc3)c2c1=O. The van der Waals surface area contributed by atoms with E-state index in [2.05, 4.69) is 10.3 Å². The number of rotatable bonds is 6. The lowest BCUT2D eigenvalue weighted by atomic mass is 10.0. The van der Waals surface area contributed by atoms with Crippen LogP contribution in [-0.4, -0.2) is 26.5 Å². The van der Waals surface area contributed by atoms with E-state index in [9.17, 15) is 14.4 Å². The Labute approximate surface area is 188 Å². The summed E-state index contributed by atoms with van der Waals surface area (Å²) in [5.74, 6) is -1.38. The molecule has 2 aromatic heterocycles. The Morgan fingerprint density at radius 2 is 1.88 bits per heavy atom. The van der Waals surface area contributed by atoms with Crippen LogP contribution in [0.4, 0.5) is 5.69 Å². The summed E-state index contributed by atoms with van der Waals surface area (Å²) in [5.41, 5.74) is 2.94. The molecule has 7 nitrogen and oxygen atoms in total. The molecule has 0 aliphatic carbocycles. The van der Waals surface area contributed by atoms with Crippen molar-refractivity contribution in [3.8, 4) is 11.1 Å². The molecule has 0 spiro atoms. The number of anilines is 1. The second kappa shape index (κ2) is 8.76. The van der Waals surface area contributed by atoms with Crippen LogP contribution in [0.15, 0.2) is 59.7 Å². The number of hydrogen-bond donors (Lipinski definition) is 2. The maximum atomic E-state index is 13.2. The zero-order valence-electron chi connectivity index (χ0n) is 17.6. The van der Waals surface area contributed by atoms with Crippen LogP contribution in [0.2, 0.25) is 0 Å². The van der Waals surface area contributed by atoms with Gasteiger partial charge in [-0.2, -0.15) is 0 Å². The van der Waals surface area contributed by atoms with Crippen LogP contribution in [0.3, 0.4) is 0 Å². The van der Waals surface area contributed by atoms with Crippen molar-refractivity contribution in [3.05, 3.63) is 81.2 Å². The third-order valence-corrected chi connectivity index (χ3v) is 6.27. The van der Waals surface area contributed by atoms with Gasteiger partial charge >= 0.3 is 5.97 Å². The van der Waals surface area contributed by atoms with E-state index in [-0.39, 0.29) is 30.0 Å². The average molecular weight is 448 g/mol. The van der Waals surface area contributed by atoms with Gasteiger partial charge in [0.1, 0.15) is 4.83 Å². The number of fused-ring (bicyclic) bond motifs is 1. The first-order valence-electron chi connectivity index (χ1n) is 10.0. The number of aromatic carboxylic acids is 1. The molecule has 32 heavy (non-hydrogen) atoms. The number of carbonyl (C=O) groups is 2. The highest BCUT2D eigenvalue weighted by atomic mass is 32.1. The molecule has 0 radical (unpaired) electrons. The van der Waals surface area contributed by atoms with Gasteiger partial charge in [-0.25, -0.2) is 9.78 Å². The number of hydrogen-bond acceptors (Lipinski definition) is 5. The van der Waals surface area contributed by atoms with Gasteiger partial charge in [0.25, 0.3) is 5.56 Å². The normalized spacial score (nSPS) is 10.9. The summed E-state index contributed by atoms with van der Waals surface area (Å²) in [5, 5.41) is 12.5. The molecule has 0 fully saturated rings. The zero-order valence-corrected chi connectivity index (χ0v) is 18.4. The molecular weight excluding hydrogens is 426 g/mol. The van der Waals surface area contributed by atoms with E-state index in [1.54, 1.807) is 13.0 Å². The number of aromatic nitrogens is 2. The van der Waals surface area contributed by atoms with Crippen LogP contribution in [0.1, 0.15) is 27.2 Å². The van der Waals surface area contributed by atoms with Crippen molar-refractivity contribution in [2.75, 3.05) is 5.32 Å². The van der Waals surface area contributed by atoms with Crippen LogP contribution >= 0.6 is 11.3 Å². The Morgan fingerprint density at radius 1 is 1.12 bits per heavy atom. The number of benzene rings is 2. The Balaban J connectivity index is 1.57. The van der Waals surface area contributed by atoms with Gasteiger partial charge in [0.05, 0.1) is 17.3 Å². The fraction of sp³-hybridized carbons (Fsp3) is 0.167. The van der Waals surface area contributed by atoms with E-state index in [4.69, 9.17) is 5.11 Å². The summed E-state index contributed by atoms with van der Waals surface area (Å²) >= 11 is 1.48. The molecule has 0 atom stereocenters. The Morgan fingerprint density at radius 3 is 2.59 bits per heavy atom. The Kier molecular flexibility index (Phi) is 5.87.